The van der Waals surface area contributed by atoms with Gasteiger partial charge in [-0.25, -0.2) is 0 Å². The Labute approximate surface area is 130 Å². The van der Waals surface area contributed by atoms with Gasteiger partial charge < -0.3 is 14.2 Å². The van der Waals surface area contributed by atoms with Gasteiger partial charge >= 0.3 is 0 Å². The SMILES string of the molecule is COC1(C=CC(=O)c2ccccc2)C=CC=CC1(OC)OC. The molecule has 1 atom stereocenters. The molecule has 0 aliphatic heterocycles. The first-order valence-electron chi connectivity index (χ1n) is 6.94. The van der Waals surface area contributed by atoms with Crippen LogP contribution in [0.15, 0.2) is 66.8 Å². The van der Waals surface area contributed by atoms with Crippen molar-refractivity contribution in [2.75, 3.05) is 21.3 Å². The summed E-state index contributed by atoms with van der Waals surface area (Å²) in [6.07, 6.45) is 10.3. The van der Waals surface area contributed by atoms with Crippen LogP contribution in [0.3, 0.4) is 0 Å². The van der Waals surface area contributed by atoms with E-state index in [0.717, 1.165) is 0 Å². The molecule has 2 rings (SSSR count). The maximum absolute atomic E-state index is 12.3. The summed E-state index contributed by atoms with van der Waals surface area (Å²) in [4.78, 5) is 12.3. The Bertz CT molecular complexity index is 597. The zero-order valence-electron chi connectivity index (χ0n) is 13.0. The molecule has 0 radical (unpaired) electrons. The van der Waals surface area contributed by atoms with Gasteiger partial charge in [0.15, 0.2) is 11.4 Å². The highest BCUT2D eigenvalue weighted by molar-refractivity contribution is 6.04. The van der Waals surface area contributed by atoms with Crippen LogP contribution in [-0.2, 0) is 14.2 Å². The number of carbonyl (C=O) groups excluding carboxylic acids is 1. The molecule has 0 bridgehead atoms. The number of carbonyl (C=O) groups is 1. The van der Waals surface area contributed by atoms with E-state index >= 15 is 0 Å². The molecule has 0 saturated heterocycles. The average Bonchev–Trinajstić information content (AvgIpc) is 2.60. The van der Waals surface area contributed by atoms with Gasteiger partial charge in [0.1, 0.15) is 0 Å². The van der Waals surface area contributed by atoms with Crippen LogP contribution in [0.1, 0.15) is 10.4 Å². The fourth-order valence-electron chi connectivity index (χ4n) is 2.51. The van der Waals surface area contributed by atoms with Gasteiger partial charge in [-0.1, -0.05) is 42.5 Å². The molecule has 0 spiro atoms. The predicted molar refractivity (Wildman–Crippen MR) is 84.7 cm³/mol. The molecule has 4 heteroatoms. The topological polar surface area (TPSA) is 44.8 Å². The molecule has 1 unspecified atom stereocenters. The van der Waals surface area contributed by atoms with Crippen molar-refractivity contribution in [2.45, 2.75) is 11.4 Å². The summed E-state index contributed by atoms with van der Waals surface area (Å²) in [5.74, 6) is -1.23. The van der Waals surface area contributed by atoms with Crippen LogP contribution in [0, 0.1) is 0 Å². The molecular formula is C18H20O4. The van der Waals surface area contributed by atoms with Crippen molar-refractivity contribution in [3.8, 4) is 0 Å². The molecule has 22 heavy (non-hydrogen) atoms. The Morgan fingerprint density at radius 3 is 2.18 bits per heavy atom. The molecule has 0 aromatic heterocycles. The van der Waals surface area contributed by atoms with Gasteiger partial charge in [0.2, 0.25) is 5.79 Å². The molecule has 116 valence electrons. The monoisotopic (exact) mass is 300 g/mol. The standard InChI is InChI=1S/C18H20O4/c1-20-17(12-7-8-13-18(17,21-2)22-3)14-11-16(19)15-9-5-4-6-10-15/h4-14H,1-3H3. The molecule has 0 fully saturated rings. The van der Waals surface area contributed by atoms with Crippen molar-refractivity contribution >= 4 is 5.78 Å². The third kappa shape index (κ3) is 2.81. The van der Waals surface area contributed by atoms with Crippen LogP contribution in [0.5, 0.6) is 0 Å². The molecule has 1 aliphatic carbocycles. The summed E-state index contributed by atoms with van der Waals surface area (Å²) in [6.45, 7) is 0. The molecule has 1 aromatic carbocycles. The van der Waals surface area contributed by atoms with E-state index in [4.69, 9.17) is 14.2 Å². The quantitative estimate of drug-likeness (QED) is 0.460. The third-order valence-corrected chi connectivity index (χ3v) is 3.80. The first-order valence-corrected chi connectivity index (χ1v) is 6.94. The first-order chi connectivity index (χ1) is 10.6. The highest BCUT2D eigenvalue weighted by atomic mass is 16.7. The van der Waals surface area contributed by atoms with E-state index in [1.54, 1.807) is 37.5 Å². The van der Waals surface area contributed by atoms with Gasteiger partial charge in [-0.3, -0.25) is 4.79 Å². The third-order valence-electron chi connectivity index (χ3n) is 3.80. The van der Waals surface area contributed by atoms with Gasteiger partial charge in [-0.15, -0.1) is 0 Å². The van der Waals surface area contributed by atoms with Crippen LogP contribution >= 0.6 is 0 Å². The van der Waals surface area contributed by atoms with Crippen LogP contribution in [0.4, 0.5) is 0 Å². The van der Waals surface area contributed by atoms with E-state index in [0.29, 0.717) is 5.56 Å². The van der Waals surface area contributed by atoms with Gasteiger partial charge in [0.25, 0.3) is 0 Å². The number of allylic oxidation sites excluding steroid dienone is 3. The zero-order chi connectivity index (χ0) is 16.1. The second kappa shape index (κ2) is 6.83. The van der Waals surface area contributed by atoms with Gasteiger partial charge in [0, 0.05) is 26.9 Å². The van der Waals surface area contributed by atoms with Crippen molar-refractivity contribution in [1.82, 2.24) is 0 Å². The average molecular weight is 300 g/mol. The zero-order valence-corrected chi connectivity index (χ0v) is 13.0. The number of rotatable bonds is 6. The minimum absolute atomic E-state index is 0.110. The van der Waals surface area contributed by atoms with Gasteiger partial charge in [-0.05, 0) is 24.3 Å². The predicted octanol–water partition coefficient (Wildman–Crippen LogP) is 2.93. The number of hydrogen-bond donors (Lipinski definition) is 0. The molecule has 0 N–H and O–H groups in total. The largest absolute Gasteiger partial charge is 0.364 e. The molecule has 1 aliphatic rings. The van der Waals surface area contributed by atoms with E-state index in [9.17, 15) is 4.79 Å². The van der Waals surface area contributed by atoms with E-state index in [-0.39, 0.29) is 5.78 Å². The van der Waals surface area contributed by atoms with Crippen molar-refractivity contribution < 1.29 is 19.0 Å². The van der Waals surface area contributed by atoms with E-state index in [1.807, 2.05) is 30.4 Å². The van der Waals surface area contributed by atoms with Crippen molar-refractivity contribution in [3.63, 3.8) is 0 Å². The van der Waals surface area contributed by atoms with Crippen LogP contribution in [0.25, 0.3) is 0 Å². The molecule has 1 aromatic rings. The molecule has 0 amide bonds. The first kappa shape index (κ1) is 16.4. The molecular weight excluding hydrogens is 280 g/mol. The van der Waals surface area contributed by atoms with Crippen LogP contribution in [0.2, 0.25) is 0 Å². The fraction of sp³-hybridized carbons (Fsp3) is 0.278. The number of hydrogen-bond acceptors (Lipinski definition) is 4. The molecule has 0 heterocycles. The summed E-state index contributed by atoms with van der Waals surface area (Å²) in [5.41, 5.74) is -0.406. The lowest BCUT2D eigenvalue weighted by atomic mass is 9.87. The smallest absolute Gasteiger partial charge is 0.225 e. The molecule has 0 saturated carbocycles. The maximum Gasteiger partial charge on any atom is 0.225 e. The van der Waals surface area contributed by atoms with Gasteiger partial charge in [-0.2, -0.15) is 0 Å². The van der Waals surface area contributed by atoms with E-state index in [1.165, 1.54) is 20.3 Å². The van der Waals surface area contributed by atoms with Crippen molar-refractivity contribution in [3.05, 3.63) is 72.4 Å². The fourth-order valence-corrected chi connectivity index (χ4v) is 2.51. The van der Waals surface area contributed by atoms with Crippen LogP contribution < -0.4 is 0 Å². The lowest BCUT2D eigenvalue weighted by Crippen LogP contribution is -2.55. The summed E-state index contributed by atoms with van der Waals surface area (Å²) in [5, 5.41) is 0. The van der Waals surface area contributed by atoms with E-state index in [2.05, 4.69) is 0 Å². The highest BCUT2D eigenvalue weighted by Gasteiger charge is 2.49. The summed E-state index contributed by atoms with van der Waals surface area (Å²) >= 11 is 0. The van der Waals surface area contributed by atoms with E-state index < -0.39 is 11.4 Å². The minimum Gasteiger partial charge on any atom is -0.364 e. The highest BCUT2D eigenvalue weighted by Crippen LogP contribution is 2.37. The Morgan fingerprint density at radius 1 is 0.955 bits per heavy atom. The second-order valence-electron chi connectivity index (χ2n) is 4.85. The Kier molecular flexibility index (Phi) is 5.08. The Hall–Kier alpha value is -2.01. The number of benzene rings is 1. The Balaban J connectivity index is 2.34. The van der Waals surface area contributed by atoms with Gasteiger partial charge in [0.05, 0.1) is 0 Å². The number of ketones is 1. The summed E-state index contributed by atoms with van der Waals surface area (Å²) < 4.78 is 16.7. The van der Waals surface area contributed by atoms with Crippen molar-refractivity contribution in [1.29, 1.82) is 0 Å². The number of ether oxygens (including phenoxy) is 3. The normalized spacial score (nSPS) is 23.0. The number of methoxy groups -OCH3 is 3. The summed E-state index contributed by atoms with van der Waals surface area (Å²) in [7, 11) is 4.62. The maximum atomic E-state index is 12.3. The summed E-state index contributed by atoms with van der Waals surface area (Å²) in [6, 6.07) is 9.05. The van der Waals surface area contributed by atoms with Crippen molar-refractivity contribution in [2.24, 2.45) is 0 Å². The second-order valence-corrected chi connectivity index (χ2v) is 4.85. The van der Waals surface area contributed by atoms with Crippen LogP contribution in [-0.4, -0.2) is 38.5 Å². The Morgan fingerprint density at radius 2 is 1.59 bits per heavy atom. The lowest BCUT2D eigenvalue weighted by molar-refractivity contribution is -0.248. The molecule has 4 nitrogen and oxygen atoms in total. The lowest BCUT2D eigenvalue weighted by Gasteiger charge is -2.43. The minimum atomic E-state index is -1.12.